The molecule has 0 aliphatic carbocycles. The van der Waals surface area contributed by atoms with Crippen LogP contribution in [0.15, 0.2) is 53.7 Å². The number of benzene rings is 2. The van der Waals surface area contributed by atoms with Crippen LogP contribution in [0.4, 0.5) is 5.69 Å². The Hall–Kier alpha value is -2.60. The lowest BCUT2D eigenvalue weighted by Gasteiger charge is -2.10. The lowest BCUT2D eigenvalue weighted by molar-refractivity contribution is -0.385. The lowest BCUT2D eigenvalue weighted by atomic mass is 10.1. The molecule has 0 amide bonds. The molecule has 0 aliphatic rings. The summed E-state index contributed by atoms with van der Waals surface area (Å²) in [5.41, 5.74) is 7.10. The highest BCUT2D eigenvalue weighted by Crippen LogP contribution is 2.22. The predicted octanol–water partition coefficient (Wildman–Crippen LogP) is 3.65. The van der Waals surface area contributed by atoms with E-state index < -0.39 is 11.0 Å². The van der Waals surface area contributed by atoms with Crippen molar-refractivity contribution in [1.29, 1.82) is 0 Å². The first-order valence-electron chi connectivity index (χ1n) is 6.47. The third-order valence-corrected chi connectivity index (χ3v) is 3.22. The average Bonchev–Trinajstić information content (AvgIpc) is 2.52. The molecule has 0 bridgehead atoms. The normalized spacial score (nSPS) is 12.7. The summed E-state index contributed by atoms with van der Waals surface area (Å²) in [5.74, 6) is 0.180. The molecule has 1 atom stereocenters. The minimum absolute atomic E-state index is 0.000238. The van der Waals surface area contributed by atoms with Gasteiger partial charge in [-0.2, -0.15) is 0 Å². The monoisotopic (exact) mass is 319 g/mol. The van der Waals surface area contributed by atoms with Gasteiger partial charge in [-0.05, 0) is 19.1 Å². The van der Waals surface area contributed by atoms with Crippen molar-refractivity contribution in [2.24, 2.45) is 10.9 Å². The summed E-state index contributed by atoms with van der Waals surface area (Å²) in [6.07, 6.45) is -0.474. The van der Waals surface area contributed by atoms with Crippen molar-refractivity contribution in [3.8, 4) is 0 Å². The van der Waals surface area contributed by atoms with Crippen molar-refractivity contribution in [2.75, 3.05) is 0 Å². The lowest BCUT2D eigenvalue weighted by Crippen LogP contribution is -2.14. The Kier molecular flexibility index (Phi) is 4.95. The Morgan fingerprint density at radius 2 is 2.05 bits per heavy atom. The molecule has 2 rings (SSSR count). The molecule has 0 heterocycles. The van der Waals surface area contributed by atoms with Crippen LogP contribution in [0.1, 0.15) is 24.2 Å². The molecule has 2 aromatic rings. The second-order valence-electron chi connectivity index (χ2n) is 4.59. The van der Waals surface area contributed by atoms with Crippen molar-refractivity contribution >= 4 is 23.1 Å². The van der Waals surface area contributed by atoms with E-state index in [4.69, 9.17) is 22.2 Å². The molecule has 2 aromatic carbocycles. The van der Waals surface area contributed by atoms with E-state index in [1.165, 1.54) is 12.1 Å². The summed E-state index contributed by atoms with van der Waals surface area (Å²) >= 11 is 5.88. The molecular formula is C15H14ClN3O3. The van der Waals surface area contributed by atoms with E-state index in [0.29, 0.717) is 16.1 Å². The quantitative estimate of drug-likeness (QED) is 0.394. The van der Waals surface area contributed by atoms with E-state index >= 15 is 0 Å². The van der Waals surface area contributed by atoms with Crippen molar-refractivity contribution in [3.05, 3.63) is 74.8 Å². The summed E-state index contributed by atoms with van der Waals surface area (Å²) in [6.45, 7) is 1.73. The number of oxime groups is 1. The fraction of sp³-hybridized carbons (Fsp3) is 0.133. The predicted molar refractivity (Wildman–Crippen MR) is 84.8 cm³/mol. The van der Waals surface area contributed by atoms with Crippen LogP contribution in [0.3, 0.4) is 0 Å². The van der Waals surface area contributed by atoms with Gasteiger partial charge >= 0.3 is 0 Å². The van der Waals surface area contributed by atoms with E-state index in [9.17, 15) is 10.1 Å². The summed E-state index contributed by atoms with van der Waals surface area (Å²) in [7, 11) is 0. The number of rotatable bonds is 5. The topological polar surface area (TPSA) is 90.8 Å². The number of hydrogen-bond donors (Lipinski definition) is 1. The van der Waals surface area contributed by atoms with E-state index in [1.54, 1.807) is 43.3 Å². The van der Waals surface area contributed by atoms with Crippen molar-refractivity contribution in [1.82, 2.24) is 0 Å². The standard InChI is InChI=1S/C15H14ClN3O3/c1-10(11-4-3-7-14(9-11)19(20)21)22-18-15(17)12-5-2-6-13(16)8-12/h2-10H,1H3,(H2,17,18). The van der Waals surface area contributed by atoms with E-state index in [1.807, 2.05) is 0 Å². The molecule has 2 N–H and O–H groups in total. The first kappa shape index (κ1) is 15.8. The van der Waals surface area contributed by atoms with Gasteiger partial charge in [0.2, 0.25) is 0 Å². The molecule has 0 fully saturated rings. The molecule has 0 spiro atoms. The van der Waals surface area contributed by atoms with Crippen LogP contribution in [0.25, 0.3) is 0 Å². The van der Waals surface area contributed by atoms with E-state index in [2.05, 4.69) is 5.16 Å². The van der Waals surface area contributed by atoms with Gasteiger partial charge in [-0.1, -0.05) is 41.0 Å². The van der Waals surface area contributed by atoms with Crippen LogP contribution in [0.2, 0.25) is 5.02 Å². The third-order valence-electron chi connectivity index (χ3n) is 2.98. The first-order valence-corrected chi connectivity index (χ1v) is 6.85. The van der Waals surface area contributed by atoms with Crippen LogP contribution in [-0.4, -0.2) is 10.8 Å². The summed E-state index contributed by atoms with van der Waals surface area (Å²) < 4.78 is 0. The van der Waals surface area contributed by atoms with Gasteiger partial charge in [-0.3, -0.25) is 10.1 Å². The van der Waals surface area contributed by atoms with Gasteiger partial charge in [0.05, 0.1) is 4.92 Å². The maximum absolute atomic E-state index is 10.8. The molecule has 1 unspecified atom stereocenters. The van der Waals surface area contributed by atoms with Crippen LogP contribution in [0.5, 0.6) is 0 Å². The highest BCUT2D eigenvalue weighted by molar-refractivity contribution is 6.31. The molecule has 7 heteroatoms. The molecule has 0 saturated carbocycles. The highest BCUT2D eigenvalue weighted by Gasteiger charge is 2.12. The molecule has 6 nitrogen and oxygen atoms in total. The molecule has 0 radical (unpaired) electrons. The van der Waals surface area contributed by atoms with Crippen LogP contribution >= 0.6 is 11.6 Å². The first-order chi connectivity index (χ1) is 10.5. The van der Waals surface area contributed by atoms with Crippen LogP contribution < -0.4 is 5.73 Å². The molecule has 114 valence electrons. The minimum Gasteiger partial charge on any atom is -0.386 e. The number of nitro groups is 1. The second-order valence-corrected chi connectivity index (χ2v) is 5.02. The fourth-order valence-corrected chi connectivity index (χ4v) is 1.98. The average molecular weight is 320 g/mol. The Balaban J connectivity index is 2.11. The summed E-state index contributed by atoms with van der Waals surface area (Å²) in [5, 5.41) is 15.2. The van der Waals surface area contributed by atoms with E-state index in [0.717, 1.165) is 0 Å². The van der Waals surface area contributed by atoms with Gasteiger partial charge < -0.3 is 10.6 Å². The Labute approximate surface area is 132 Å². The summed E-state index contributed by atoms with van der Waals surface area (Å²) in [6, 6.07) is 13.1. The Morgan fingerprint density at radius 1 is 1.32 bits per heavy atom. The van der Waals surface area contributed by atoms with Gasteiger partial charge in [0, 0.05) is 28.3 Å². The number of nitro benzene ring substituents is 1. The van der Waals surface area contributed by atoms with Gasteiger partial charge in [0.1, 0.15) is 6.10 Å². The Bertz CT molecular complexity index is 719. The van der Waals surface area contributed by atoms with Crippen molar-refractivity contribution in [3.63, 3.8) is 0 Å². The fourth-order valence-electron chi connectivity index (χ4n) is 1.79. The number of halogens is 1. The molecule has 0 aromatic heterocycles. The molecule has 0 aliphatic heterocycles. The van der Waals surface area contributed by atoms with Crippen LogP contribution in [-0.2, 0) is 4.84 Å². The number of nitrogens with zero attached hydrogens (tertiary/aromatic N) is 2. The van der Waals surface area contributed by atoms with E-state index in [-0.39, 0.29) is 11.5 Å². The minimum atomic E-state index is -0.474. The number of hydrogen-bond acceptors (Lipinski definition) is 4. The maximum atomic E-state index is 10.8. The van der Waals surface area contributed by atoms with Gasteiger partial charge in [-0.25, -0.2) is 0 Å². The SMILES string of the molecule is CC(ON=C(N)c1cccc(Cl)c1)c1cccc([N+](=O)[O-])c1. The van der Waals surface area contributed by atoms with Gasteiger partial charge in [0.25, 0.3) is 5.69 Å². The zero-order valence-electron chi connectivity index (χ0n) is 11.8. The highest BCUT2D eigenvalue weighted by atomic mass is 35.5. The second kappa shape index (κ2) is 6.91. The van der Waals surface area contributed by atoms with Crippen molar-refractivity contribution in [2.45, 2.75) is 13.0 Å². The summed E-state index contributed by atoms with van der Waals surface area (Å²) in [4.78, 5) is 15.6. The maximum Gasteiger partial charge on any atom is 0.269 e. The molecule has 0 saturated heterocycles. The smallest absolute Gasteiger partial charge is 0.269 e. The largest absolute Gasteiger partial charge is 0.386 e. The zero-order chi connectivity index (χ0) is 16.1. The van der Waals surface area contributed by atoms with Crippen LogP contribution in [0, 0.1) is 10.1 Å². The molecule has 22 heavy (non-hydrogen) atoms. The Morgan fingerprint density at radius 3 is 2.73 bits per heavy atom. The van der Waals surface area contributed by atoms with Crippen molar-refractivity contribution < 1.29 is 9.76 Å². The zero-order valence-corrected chi connectivity index (χ0v) is 12.5. The molecular weight excluding hydrogens is 306 g/mol. The number of nitrogens with two attached hydrogens (primary N) is 1. The third kappa shape index (κ3) is 3.95. The van der Waals surface area contributed by atoms with Gasteiger partial charge in [-0.15, -0.1) is 0 Å². The number of non-ortho nitro benzene ring substituents is 1. The van der Waals surface area contributed by atoms with Gasteiger partial charge in [0.15, 0.2) is 5.84 Å². The number of amidine groups is 1.